The van der Waals surface area contributed by atoms with Crippen LogP contribution >= 0.6 is 11.3 Å². The normalized spacial score (nSPS) is 21.1. The van der Waals surface area contributed by atoms with Gasteiger partial charge in [0.2, 0.25) is 0 Å². The zero-order valence-corrected chi connectivity index (χ0v) is 9.69. The summed E-state index contributed by atoms with van der Waals surface area (Å²) in [5.74, 6) is 0. The van der Waals surface area contributed by atoms with Crippen LogP contribution in [-0.2, 0) is 4.74 Å². The molecule has 2 aromatic rings. The molecule has 5 heteroatoms. The van der Waals surface area contributed by atoms with Crippen LogP contribution in [0, 0.1) is 0 Å². The van der Waals surface area contributed by atoms with E-state index >= 15 is 0 Å². The largest absolute Gasteiger partial charge is 0.357 e. The fourth-order valence-electron chi connectivity index (χ4n) is 1.90. The molecule has 1 atom stereocenters. The Kier molecular flexibility index (Phi) is 2.71. The molecular formula is C11H13N3OS. The van der Waals surface area contributed by atoms with Crippen molar-refractivity contribution in [3.63, 3.8) is 0 Å². The molecule has 0 bridgehead atoms. The summed E-state index contributed by atoms with van der Waals surface area (Å²) in [6, 6.07) is 2.02. The molecule has 2 aromatic heterocycles. The van der Waals surface area contributed by atoms with Crippen LogP contribution < -0.4 is 0 Å². The predicted octanol–water partition coefficient (Wildman–Crippen LogP) is 2.71. The van der Waals surface area contributed by atoms with E-state index in [9.17, 15) is 0 Å². The van der Waals surface area contributed by atoms with Gasteiger partial charge in [0.15, 0.2) is 0 Å². The van der Waals surface area contributed by atoms with Crippen LogP contribution in [0.4, 0.5) is 0 Å². The maximum absolute atomic E-state index is 5.68. The smallest absolute Gasteiger partial charge is 0.150 e. The molecule has 84 valence electrons. The molecule has 0 radical (unpaired) electrons. The minimum Gasteiger partial charge on any atom is -0.357 e. The van der Waals surface area contributed by atoms with Gasteiger partial charge in [0.25, 0.3) is 0 Å². The lowest BCUT2D eigenvalue weighted by Crippen LogP contribution is -2.18. The van der Waals surface area contributed by atoms with E-state index in [-0.39, 0.29) is 6.23 Å². The van der Waals surface area contributed by atoms with Gasteiger partial charge in [0, 0.05) is 19.0 Å². The fourth-order valence-corrected chi connectivity index (χ4v) is 2.49. The van der Waals surface area contributed by atoms with Crippen molar-refractivity contribution in [1.29, 1.82) is 0 Å². The van der Waals surface area contributed by atoms with Gasteiger partial charge >= 0.3 is 0 Å². The molecule has 1 aliphatic heterocycles. The summed E-state index contributed by atoms with van der Waals surface area (Å²) < 4.78 is 7.61. The highest BCUT2D eigenvalue weighted by Gasteiger charge is 2.16. The molecule has 0 aromatic carbocycles. The Morgan fingerprint density at radius 1 is 1.44 bits per heavy atom. The number of rotatable bonds is 2. The van der Waals surface area contributed by atoms with Crippen LogP contribution in [0.2, 0.25) is 0 Å². The molecule has 1 unspecified atom stereocenters. The molecule has 0 spiro atoms. The Morgan fingerprint density at radius 3 is 3.19 bits per heavy atom. The Balaban J connectivity index is 1.82. The first-order valence-electron chi connectivity index (χ1n) is 5.49. The Morgan fingerprint density at radius 2 is 2.44 bits per heavy atom. The van der Waals surface area contributed by atoms with Crippen LogP contribution in [0.15, 0.2) is 24.0 Å². The van der Waals surface area contributed by atoms with Gasteiger partial charge in [-0.1, -0.05) is 0 Å². The average Bonchev–Trinajstić information content (AvgIpc) is 3.01. The van der Waals surface area contributed by atoms with Gasteiger partial charge in [0.05, 0.1) is 10.4 Å². The van der Waals surface area contributed by atoms with Gasteiger partial charge in [-0.3, -0.25) is 4.98 Å². The molecule has 0 aliphatic carbocycles. The van der Waals surface area contributed by atoms with E-state index in [1.807, 2.05) is 28.7 Å². The Hall–Kier alpha value is -1.20. The average molecular weight is 235 g/mol. The second kappa shape index (κ2) is 4.35. The molecule has 4 nitrogen and oxygen atoms in total. The summed E-state index contributed by atoms with van der Waals surface area (Å²) in [6.45, 7) is 0.848. The van der Waals surface area contributed by atoms with E-state index in [2.05, 4.69) is 10.1 Å². The Labute approximate surface area is 97.9 Å². The van der Waals surface area contributed by atoms with E-state index in [1.54, 1.807) is 11.3 Å². The van der Waals surface area contributed by atoms with E-state index < -0.39 is 0 Å². The van der Waals surface area contributed by atoms with Gasteiger partial charge < -0.3 is 4.74 Å². The fraction of sp³-hybridized carbons (Fsp3) is 0.455. The number of nitrogens with zero attached hydrogens (tertiary/aromatic N) is 3. The minimum atomic E-state index is 0.121. The third-order valence-electron chi connectivity index (χ3n) is 2.74. The molecule has 3 rings (SSSR count). The second-order valence-electron chi connectivity index (χ2n) is 3.87. The number of aromatic nitrogens is 3. The molecule has 0 N–H and O–H groups in total. The SMILES string of the molecule is c1ncc(-c2ccn(C3CCCCO3)n2)s1. The van der Waals surface area contributed by atoms with E-state index in [0.717, 1.165) is 23.6 Å². The molecular weight excluding hydrogens is 222 g/mol. The third-order valence-corrected chi connectivity index (χ3v) is 3.54. The predicted molar refractivity (Wildman–Crippen MR) is 62.2 cm³/mol. The summed E-state index contributed by atoms with van der Waals surface area (Å²) in [5.41, 5.74) is 2.81. The summed E-state index contributed by atoms with van der Waals surface area (Å²) in [4.78, 5) is 5.16. The first-order valence-corrected chi connectivity index (χ1v) is 6.37. The van der Waals surface area contributed by atoms with Crippen LogP contribution in [0.3, 0.4) is 0 Å². The maximum Gasteiger partial charge on any atom is 0.150 e. The van der Waals surface area contributed by atoms with Crippen molar-refractivity contribution in [2.24, 2.45) is 0 Å². The third kappa shape index (κ3) is 1.88. The van der Waals surface area contributed by atoms with Crippen molar-refractivity contribution in [3.8, 4) is 10.6 Å². The van der Waals surface area contributed by atoms with Crippen LogP contribution in [0.5, 0.6) is 0 Å². The first kappa shape index (κ1) is 9.99. The van der Waals surface area contributed by atoms with Gasteiger partial charge in [-0.15, -0.1) is 11.3 Å². The standard InChI is InChI=1S/C11H13N3OS/c1-2-6-15-11(3-1)14-5-4-9(13-14)10-7-12-8-16-10/h4-5,7-8,11H,1-3,6H2. The van der Waals surface area contributed by atoms with Crippen molar-refractivity contribution in [2.45, 2.75) is 25.5 Å². The number of thiazole rings is 1. The molecule has 1 saturated heterocycles. The Bertz CT molecular complexity index is 446. The molecule has 1 fully saturated rings. The van der Waals surface area contributed by atoms with Gasteiger partial charge in [-0.05, 0) is 25.3 Å². The molecule has 0 amide bonds. The van der Waals surface area contributed by atoms with Crippen LogP contribution in [-0.4, -0.2) is 21.4 Å². The topological polar surface area (TPSA) is 39.9 Å². The summed E-state index contributed by atoms with van der Waals surface area (Å²) >= 11 is 1.61. The van der Waals surface area contributed by atoms with Crippen molar-refractivity contribution in [2.75, 3.05) is 6.61 Å². The minimum absolute atomic E-state index is 0.121. The zero-order chi connectivity index (χ0) is 10.8. The zero-order valence-electron chi connectivity index (χ0n) is 8.87. The quantitative estimate of drug-likeness (QED) is 0.803. The lowest BCUT2D eigenvalue weighted by atomic mass is 10.2. The van der Waals surface area contributed by atoms with E-state index in [1.165, 1.54) is 12.8 Å². The van der Waals surface area contributed by atoms with Gasteiger partial charge in [0.1, 0.15) is 11.9 Å². The highest BCUT2D eigenvalue weighted by molar-refractivity contribution is 7.13. The van der Waals surface area contributed by atoms with Crippen molar-refractivity contribution in [1.82, 2.24) is 14.8 Å². The lowest BCUT2D eigenvalue weighted by molar-refractivity contribution is -0.0393. The van der Waals surface area contributed by atoms with Gasteiger partial charge in [-0.2, -0.15) is 5.10 Å². The monoisotopic (exact) mass is 235 g/mol. The van der Waals surface area contributed by atoms with Crippen molar-refractivity contribution >= 4 is 11.3 Å². The second-order valence-corrected chi connectivity index (χ2v) is 4.75. The first-order chi connectivity index (χ1) is 7.93. The summed E-state index contributed by atoms with van der Waals surface area (Å²) in [5, 5.41) is 4.54. The molecule has 0 saturated carbocycles. The van der Waals surface area contributed by atoms with Crippen molar-refractivity contribution in [3.05, 3.63) is 24.0 Å². The van der Waals surface area contributed by atoms with Crippen LogP contribution in [0.1, 0.15) is 25.5 Å². The van der Waals surface area contributed by atoms with Crippen LogP contribution in [0.25, 0.3) is 10.6 Å². The highest BCUT2D eigenvalue weighted by atomic mass is 32.1. The molecule has 3 heterocycles. The van der Waals surface area contributed by atoms with Crippen molar-refractivity contribution < 1.29 is 4.74 Å². The molecule has 16 heavy (non-hydrogen) atoms. The molecule has 1 aliphatic rings. The van der Waals surface area contributed by atoms with Gasteiger partial charge in [-0.25, -0.2) is 4.68 Å². The number of ether oxygens (including phenoxy) is 1. The van der Waals surface area contributed by atoms with E-state index in [4.69, 9.17) is 4.74 Å². The number of hydrogen-bond acceptors (Lipinski definition) is 4. The highest BCUT2D eigenvalue weighted by Crippen LogP contribution is 2.25. The lowest BCUT2D eigenvalue weighted by Gasteiger charge is -2.22. The summed E-state index contributed by atoms with van der Waals surface area (Å²) in [6.07, 6.45) is 7.41. The van der Waals surface area contributed by atoms with E-state index in [0.29, 0.717) is 0 Å². The summed E-state index contributed by atoms with van der Waals surface area (Å²) in [7, 11) is 0. The maximum atomic E-state index is 5.68. The number of hydrogen-bond donors (Lipinski definition) is 0.